The Morgan fingerprint density at radius 1 is 0.703 bits per heavy atom. The number of allylic oxidation sites excluding steroid dienone is 6. The lowest BCUT2D eigenvalue weighted by molar-refractivity contribution is -0.104. The lowest BCUT2D eigenvalue weighted by Gasteiger charge is -2.58. The summed E-state index contributed by atoms with van der Waals surface area (Å²) in [6, 6.07) is 0. The van der Waals surface area contributed by atoms with E-state index in [1.54, 1.807) is 0 Å². The highest BCUT2D eigenvalue weighted by Gasteiger charge is 2.59. The Bertz CT molecular complexity index is 1300. The molecule has 1 unspecified atom stereocenters. The Morgan fingerprint density at radius 3 is 2.23 bits per heavy atom. The first kappa shape index (κ1) is 54.0. The van der Waals surface area contributed by atoms with Gasteiger partial charge < -0.3 is 23.8 Å². The molecule has 64 heavy (non-hydrogen) atoms. The molecule has 9 atom stereocenters. The quantitative estimate of drug-likeness (QED) is 0.0366. The summed E-state index contributed by atoms with van der Waals surface area (Å²) in [6.45, 7) is 22.4. The molecular formula is C59H105NO4. The lowest BCUT2D eigenvalue weighted by Crippen LogP contribution is -2.50. The first-order valence-electron chi connectivity index (χ1n) is 28.3. The molecule has 4 aliphatic carbocycles. The summed E-state index contributed by atoms with van der Waals surface area (Å²) >= 11 is 0. The van der Waals surface area contributed by atoms with E-state index in [-0.39, 0.29) is 6.10 Å². The van der Waals surface area contributed by atoms with Crippen molar-refractivity contribution in [2.75, 3.05) is 59.5 Å². The van der Waals surface area contributed by atoms with Crippen LogP contribution in [0.3, 0.4) is 0 Å². The fourth-order valence-corrected chi connectivity index (χ4v) is 13.9. The zero-order valence-corrected chi connectivity index (χ0v) is 43.2. The van der Waals surface area contributed by atoms with Crippen LogP contribution in [-0.2, 0) is 18.9 Å². The van der Waals surface area contributed by atoms with E-state index in [0.29, 0.717) is 37.4 Å². The third kappa shape index (κ3) is 17.8. The van der Waals surface area contributed by atoms with Gasteiger partial charge in [-0.05, 0) is 181 Å². The van der Waals surface area contributed by atoms with Crippen LogP contribution < -0.4 is 0 Å². The van der Waals surface area contributed by atoms with E-state index in [9.17, 15) is 0 Å². The number of unbranched alkanes of at least 4 members (excludes halogenated alkanes) is 9. The molecule has 0 amide bonds. The maximum absolute atomic E-state index is 6.41. The summed E-state index contributed by atoms with van der Waals surface area (Å²) in [4.78, 5) is 2.56. The number of likely N-dealkylation sites (tertiary alicyclic amines) is 1. The van der Waals surface area contributed by atoms with Crippen molar-refractivity contribution in [3.63, 3.8) is 0 Å². The standard InChI is InChI=1S/C59H105NO4/c1-7-8-9-10-11-12-13-14-15-16-17-18-19-20-21-25-41-62-48-63-47-53(46-60-39-23-22-24-40-60)64-44-43-61-42-27-30-51-35-37-58(5)52(45-51)31-32-54-56-34-33-55(50(4)29-26-28-49(2)3)59(56,6)38-36-57(54)58/h11-12,14-15,31,49-51,53-57H,7-10,13,16-30,32-48H2,1-6H3/b12-11-,15-14-/t50-,51+,53?,54+,55-,56+,57+,58+,59-/m1/s1. The zero-order chi connectivity index (χ0) is 45.3. The number of nitrogens with zero attached hydrogens (tertiary/aromatic N) is 1. The zero-order valence-electron chi connectivity index (χ0n) is 43.2. The summed E-state index contributed by atoms with van der Waals surface area (Å²) in [6.07, 6.45) is 49.7. The minimum Gasteiger partial charge on any atom is -0.379 e. The fraction of sp³-hybridized carbons (Fsp3) is 0.898. The van der Waals surface area contributed by atoms with Gasteiger partial charge >= 0.3 is 0 Å². The van der Waals surface area contributed by atoms with Gasteiger partial charge in [0, 0.05) is 19.8 Å². The minimum atomic E-state index is 0.0724. The van der Waals surface area contributed by atoms with Gasteiger partial charge in [-0.25, -0.2) is 0 Å². The van der Waals surface area contributed by atoms with Crippen LogP contribution in [0.5, 0.6) is 0 Å². The van der Waals surface area contributed by atoms with Gasteiger partial charge in [-0.2, -0.15) is 0 Å². The molecule has 5 rings (SSSR count). The summed E-state index contributed by atoms with van der Waals surface area (Å²) in [7, 11) is 0. The first-order chi connectivity index (χ1) is 31.2. The Morgan fingerprint density at radius 2 is 1.45 bits per heavy atom. The van der Waals surface area contributed by atoms with E-state index in [0.717, 1.165) is 74.0 Å². The van der Waals surface area contributed by atoms with E-state index < -0.39 is 0 Å². The molecule has 0 aromatic heterocycles. The molecule has 0 bridgehead atoms. The van der Waals surface area contributed by atoms with Crippen molar-refractivity contribution in [3.05, 3.63) is 36.0 Å². The highest BCUT2D eigenvalue weighted by atomic mass is 16.7. The van der Waals surface area contributed by atoms with Crippen LogP contribution in [-0.4, -0.2) is 70.5 Å². The van der Waals surface area contributed by atoms with Gasteiger partial charge in [0.15, 0.2) is 0 Å². The topological polar surface area (TPSA) is 40.2 Å². The molecule has 1 saturated heterocycles. The van der Waals surface area contributed by atoms with Crippen molar-refractivity contribution in [1.82, 2.24) is 4.90 Å². The van der Waals surface area contributed by atoms with Gasteiger partial charge in [-0.1, -0.05) is 142 Å². The maximum Gasteiger partial charge on any atom is 0.146 e. The number of piperidine rings is 1. The molecule has 0 spiro atoms. The van der Waals surface area contributed by atoms with Crippen LogP contribution in [0.25, 0.3) is 0 Å². The molecule has 5 aliphatic rings. The van der Waals surface area contributed by atoms with Crippen molar-refractivity contribution in [2.45, 2.75) is 227 Å². The molecule has 0 N–H and O–H groups in total. The molecule has 5 nitrogen and oxygen atoms in total. The Balaban J connectivity index is 0.893. The maximum atomic E-state index is 6.41. The molecule has 1 aliphatic heterocycles. The number of hydrogen-bond donors (Lipinski definition) is 0. The minimum absolute atomic E-state index is 0.0724. The van der Waals surface area contributed by atoms with Gasteiger partial charge in [0.25, 0.3) is 0 Å². The second-order valence-corrected chi connectivity index (χ2v) is 23.0. The molecule has 5 heteroatoms. The van der Waals surface area contributed by atoms with Crippen LogP contribution in [0.2, 0.25) is 0 Å². The Hall–Kier alpha value is -0.980. The van der Waals surface area contributed by atoms with Crippen molar-refractivity contribution in [1.29, 1.82) is 0 Å². The monoisotopic (exact) mass is 892 g/mol. The Kier molecular flexibility index (Phi) is 25.7. The van der Waals surface area contributed by atoms with Crippen molar-refractivity contribution in [3.8, 4) is 0 Å². The summed E-state index contributed by atoms with van der Waals surface area (Å²) in [5.41, 5.74) is 2.89. The normalized spacial score (nSPS) is 29.6. The van der Waals surface area contributed by atoms with Crippen LogP contribution in [0.15, 0.2) is 36.0 Å². The van der Waals surface area contributed by atoms with Crippen molar-refractivity contribution >= 4 is 0 Å². The largest absolute Gasteiger partial charge is 0.379 e. The molecule has 0 aromatic carbocycles. The molecule has 0 radical (unpaired) electrons. The molecule has 1 heterocycles. The SMILES string of the molecule is CCCCC/C=C\C/C=C\CCCCCCCCOCOCC(CN1CCCCC1)OCCOCCC[C@H]1CC[C@@]2(C)C(=CC[C@H]3[C@@H]4CC[C@H]([C@H](C)CCCC(C)C)[C@@]4(C)CC[C@@H]32)C1. The van der Waals surface area contributed by atoms with E-state index in [4.69, 9.17) is 18.9 Å². The summed E-state index contributed by atoms with van der Waals surface area (Å²) < 4.78 is 24.5. The highest BCUT2D eigenvalue weighted by molar-refractivity contribution is 5.25. The van der Waals surface area contributed by atoms with E-state index >= 15 is 0 Å². The van der Waals surface area contributed by atoms with Crippen LogP contribution in [0, 0.1) is 52.3 Å². The number of ether oxygens (including phenoxy) is 4. The van der Waals surface area contributed by atoms with Crippen LogP contribution in [0.4, 0.5) is 0 Å². The number of fused-ring (bicyclic) bond motifs is 5. The third-order valence-electron chi connectivity index (χ3n) is 17.8. The average molecular weight is 892 g/mol. The summed E-state index contributed by atoms with van der Waals surface area (Å²) in [5.74, 6) is 6.35. The van der Waals surface area contributed by atoms with Gasteiger partial charge in [-0.3, -0.25) is 0 Å². The second-order valence-electron chi connectivity index (χ2n) is 23.0. The van der Waals surface area contributed by atoms with Crippen LogP contribution >= 0.6 is 0 Å². The molecular weight excluding hydrogens is 787 g/mol. The van der Waals surface area contributed by atoms with Crippen molar-refractivity contribution in [2.24, 2.45) is 52.3 Å². The average Bonchev–Trinajstić information content (AvgIpc) is 3.65. The third-order valence-corrected chi connectivity index (χ3v) is 17.8. The second kappa shape index (κ2) is 30.5. The predicted octanol–water partition coefficient (Wildman–Crippen LogP) is 16.1. The van der Waals surface area contributed by atoms with Crippen molar-refractivity contribution < 1.29 is 18.9 Å². The number of hydrogen-bond acceptors (Lipinski definition) is 5. The molecule has 370 valence electrons. The molecule has 0 aromatic rings. The van der Waals surface area contributed by atoms with Gasteiger partial charge in [0.1, 0.15) is 6.79 Å². The van der Waals surface area contributed by atoms with E-state index in [1.165, 1.54) is 180 Å². The predicted molar refractivity (Wildman–Crippen MR) is 273 cm³/mol. The van der Waals surface area contributed by atoms with E-state index in [2.05, 4.69) is 76.8 Å². The van der Waals surface area contributed by atoms with Gasteiger partial charge in [-0.15, -0.1) is 0 Å². The molecule has 4 fully saturated rings. The van der Waals surface area contributed by atoms with Crippen LogP contribution in [0.1, 0.15) is 221 Å². The van der Waals surface area contributed by atoms with Gasteiger partial charge in [0.2, 0.25) is 0 Å². The highest BCUT2D eigenvalue weighted by Crippen LogP contribution is 2.67. The smallest absolute Gasteiger partial charge is 0.146 e. The first-order valence-corrected chi connectivity index (χ1v) is 28.3. The number of rotatable bonds is 34. The van der Waals surface area contributed by atoms with Gasteiger partial charge in [0.05, 0.1) is 25.9 Å². The Labute approximate surface area is 397 Å². The lowest BCUT2D eigenvalue weighted by atomic mass is 9.46. The molecule has 3 saturated carbocycles. The summed E-state index contributed by atoms with van der Waals surface area (Å²) in [5, 5.41) is 0. The van der Waals surface area contributed by atoms with E-state index in [1.807, 2.05) is 5.57 Å². The fourth-order valence-electron chi connectivity index (χ4n) is 13.9.